The Kier molecular flexibility index (Phi) is 3.68. The molecule has 0 saturated heterocycles. The smallest absolute Gasteiger partial charge is 0.0991 e. The van der Waals surface area contributed by atoms with Crippen molar-refractivity contribution in [2.45, 2.75) is 25.4 Å². The summed E-state index contributed by atoms with van der Waals surface area (Å²) in [6.45, 7) is 0.748. The summed E-state index contributed by atoms with van der Waals surface area (Å²) in [4.78, 5) is 4.09. The summed E-state index contributed by atoms with van der Waals surface area (Å²) < 4.78 is 0. The average molecular weight is 284 g/mol. The standard InChI is InChI=1S/C16H14ClN3/c17-14-6-12(8-19-10-14)9-20-16-4-2-13-5-11(7-18)1-3-15(13)16/h1,3,5-6,8,10,16,20H,2,4,9H2. The Morgan fingerprint density at radius 1 is 1.35 bits per heavy atom. The van der Waals surface area contributed by atoms with Crippen LogP contribution in [-0.4, -0.2) is 4.98 Å². The van der Waals surface area contributed by atoms with Crippen LogP contribution in [0, 0.1) is 11.3 Å². The molecule has 1 unspecified atom stereocenters. The molecule has 0 bridgehead atoms. The zero-order chi connectivity index (χ0) is 13.9. The van der Waals surface area contributed by atoms with Gasteiger partial charge in [0.1, 0.15) is 0 Å². The van der Waals surface area contributed by atoms with Crippen molar-refractivity contribution in [1.29, 1.82) is 5.26 Å². The Hall–Kier alpha value is -1.89. The van der Waals surface area contributed by atoms with Crippen molar-refractivity contribution in [3.05, 3.63) is 63.9 Å². The number of fused-ring (bicyclic) bond motifs is 1. The summed E-state index contributed by atoms with van der Waals surface area (Å²) >= 11 is 5.93. The van der Waals surface area contributed by atoms with Gasteiger partial charge in [-0.15, -0.1) is 0 Å². The molecule has 1 aromatic heterocycles. The van der Waals surface area contributed by atoms with E-state index in [0.29, 0.717) is 11.1 Å². The third-order valence-corrected chi connectivity index (χ3v) is 3.87. The van der Waals surface area contributed by atoms with E-state index in [1.165, 1.54) is 11.1 Å². The van der Waals surface area contributed by atoms with Gasteiger partial charge in [-0.25, -0.2) is 0 Å². The highest BCUT2D eigenvalue weighted by atomic mass is 35.5. The van der Waals surface area contributed by atoms with Crippen molar-refractivity contribution in [3.63, 3.8) is 0 Å². The lowest BCUT2D eigenvalue weighted by Crippen LogP contribution is -2.18. The summed E-state index contributed by atoms with van der Waals surface area (Å²) in [5.74, 6) is 0. The van der Waals surface area contributed by atoms with Gasteiger partial charge >= 0.3 is 0 Å². The first-order valence-corrected chi connectivity index (χ1v) is 7.00. The molecule has 4 heteroatoms. The number of hydrogen-bond acceptors (Lipinski definition) is 3. The van der Waals surface area contributed by atoms with Crippen LogP contribution in [0.3, 0.4) is 0 Å². The lowest BCUT2D eigenvalue weighted by Gasteiger charge is -2.14. The van der Waals surface area contributed by atoms with E-state index in [1.54, 1.807) is 6.20 Å². The lowest BCUT2D eigenvalue weighted by molar-refractivity contribution is 0.529. The number of pyridine rings is 1. The number of hydrogen-bond donors (Lipinski definition) is 1. The highest BCUT2D eigenvalue weighted by Crippen LogP contribution is 2.31. The second kappa shape index (κ2) is 5.62. The molecule has 20 heavy (non-hydrogen) atoms. The van der Waals surface area contributed by atoms with Gasteiger partial charge in [0.15, 0.2) is 0 Å². The number of aromatic nitrogens is 1. The monoisotopic (exact) mass is 283 g/mol. The fourth-order valence-corrected chi connectivity index (χ4v) is 2.89. The Bertz CT molecular complexity index is 676. The SMILES string of the molecule is N#Cc1ccc2c(c1)CCC2NCc1cncc(Cl)c1. The van der Waals surface area contributed by atoms with E-state index >= 15 is 0 Å². The number of benzene rings is 1. The zero-order valence-electron chi connectivity index (χ0n) is 10.9. The fourth-order valence-electron chi connectivity index (χ4n) is 2.69. The quantitative estimate of drug-likeness (QED) is 0.939. The van der Waals surface area contributed by atoms with Crippen molar-refractivity contribution in [3.8, 4) is 6.07 Å². The van der Waals surface area contributed by atoms with Crippen LogP contribution < -0.4 is 5.32 Å². The minimum absolute atomic E-state index is 0.344. The average Bonchev–Trinajstić information content (AvgIpc) is 2.87. The van der Waals surface area contributed by atoms with Gasteiger partial charge in [-0.2, -0.15) is 5.26 Å². The largest absolute Gasteiger partial charge is 0.306 e. The number of nitrogens with zero attached hydrogens (tertiary/aromatic N) is 2. The molecular formula is C16H14ClN3. The number of halogens is 1. The molecule has 100 valence electrons. The molecule has 3 rings (SSSR count). The molecule has 1 aromatic carbocycles. The van der Waals surface area contributed by atoms with Crippen LogP contribution >= 0.6 is 11.6 Å². The van der Waals surface area contributed by atoms with E-state index < -0.39 is 0 Å². The maximum atomic E-state index is 8.93. The molecule has 0 amide bonds. The second-order valence-corrected chi connectivity index (χ2v) is 5.45. The third-order valence-electron chi connectivity index (χ3n) is 3.66. The molecule has 1 aliphatic rings. The minimum atomic E-state index is 0.344. The molecule has 1 heterocycles. The Labute approximate surface area is 123 Å². The highest BCUT2D eigenvalue weighted by molar-refractivity contribution is 6.30. The molecule has 0 saturated carbocycles. The minimum Gasteiger partial charge on any atom is -0.306 e. The first-order chi connectivity index (χ1) is 9.76. The molecule has 0 aliphatic heterocycles. The topological polar surface area (TPSA) is 48.7 Å². The van der Waals surface area contributed by atoms with Gasteiger partial charge < -0.3 is 5.32 Å². The Morgan fingerprint density at radius 3 is 3.05 bits per heavy atom. The zero-order valence-corrected chi connectivity index (χ0v) is 11.7. The van der Waals surface area contributed by atoms with Gasteiger partial charge in [0.25, 0.3) is 0 Å². The van der Waals surface area contributed by atoms with Gasteiger partial charge in [0, 0.05) is 25.0 Å². The summed E-state index contributed by atoms with van der Waals surface area (Å²) in [5.41, 5.74) is 4.41. The van der Waals surface area contributed by atoms with Crippen molar-refractivity contribution in [2.75, 3.05) is 0 Å². The van der Waals surface area contributed by atoms with Crippen LogP contribution in [0.25, 0.3) is 0 Å². The number of aryl methyl sites for hydroxylation is 1. The molecule has 2 aromatic rings. The summed E-state index contributed by atoms with van der Waals surface area (Å²) in [7, 11) is 0. The number of nitrogens with one attached hydrogen (secondary N) is 1. The van der Waals surface area contributed by atoms with Gasteiger partial charge in [0.05, 0.1) is 16.7 Å². The molecule has 1 aliphatic carbocycles. The normalized spacial score (nSPS) is 16.7. The fraction of sp³-hybridized carbons (Fsp3) is 0.250. The summed E-state index contributed by atoms with van der Waals surface area (Å²) in [6.07, 6.45) is 5.56. The van der Waals surface area contributed by atoms with Crippen LogP contribution in [0.2, 0.25) is 5.02 Å². The molecule has 3 nitrogen and oxygen atoms in total. The third kappa shape index (κ3) is 2.67. The first-order valence-electron chi connectivity index (χ1n) is 6.62. The van der Waals surface area contributed by atoms with Gasteiger partial charge in [-0.05, 0) is 47.7 Å². The molecule has 1 atom stereocenters. The molecule has 0 fully saturated rings. The van der Waals surface area contributed by atoms with E-state index in [1.807, 2.05) is 24.4 Å². The van der Waals surface area contributed by atoms with Gasteiger partial charge in [0.2, 0.25) is 0 Å². The van der Waals surface area contributed by atoms with E-state index in [0.717, 1.165) is 30.5 Å². The molecule has 0 spiro atoms. The molecular weight excluding hydrogens is 270 g/mol. The Balaban J connectivity index is 1.71. The van der Waals surface area contributed by atoms with E-state index in [4.69, 9.17) is 16.9 Å². The van der Waals surface area contributed by atoms with Crippen LogP contribution in [0.15, 0.2) is 36.7 Å². The Morgan fingerprint density at radius 2 is 2.25 bits per heavy atom. The maximum Gasteiger partial charge on any atom is 0.0991 e. The van der Waals surface area contributed by atoms with Crippen molar-refractivity contribution in [1.82, 2.24) is 10.3 Å². The number of rotatable bonds is 3. The van der Waals surface area contributed by atoms with Crippen molar-refractivity contribution in [2.24, 2.45) is 0 Å². The van der Waals surface area contributed by atoms with E-state index in [9.17, 15) is 0 Å². The van der Waals surface area contributed by atoms with Crippen LogP contribution in [-0.2, 0) is 13.0 Å². The van der Waals surface area contributed by atoms with Crippen molar-refractivity contribution >= 4 is 11.6 Å². The molecule has 1 N–H and O–H groups in total. The second-order valence-electron chi connectivity index (χ2n) is 5.01. The van der Waals surface area contributed by atoms with Crippen molar-refractivity contribution < 1.29 is 0 Å². The first kappa shape index (κ1) is 13.1. The van der Waals surface area contributed by atoms with Gasteiger partial charge in [-0.3, -0.25) is 4.98 Å². The predicted molar refractivity (Wildman–Crippen MR) is 78.3 cm³/mol. The summed E-state index contributed by atoms with van der Waals surface area (Å²) in [5, 5.41) is 13.1. The summed E-state index contributed by atoms with van der Waals surface area (Å²) in [6, 6.07) is 10.4. The maximum absolute atomic E-state index is 8.93. The van der Waals surface area contributed by atoms with Crippen LogP contribution in [0.5, 0.6) is 0 Å². The molecule has 0 radical (unpaired) electrons. The van der Waals surface area contributed by atoms with E-state index in [2.05, 4.69) is 22.4 Å². The van der Waals surface area contributed by atoms with E-state index in [-0.39, 0.29) is 0 Å². The highest BCUT2D eigenvalue weighted by Gasteiger charge is 2.22. The van der Waals surface area contributed by atoms with Crippen LogP contribution in [0.1, 0.15) is 34.7 Å². The number of nitriles is 1. The lowest BCUT2D eigenvalue weighted by atomic mass is 10.1. The van der Waals surface area contributed by atoms with Gasteiger partial charge in [-0.1, -0.05) is 17.7 Å². The van der Waals surface area contributed by atoms with Crippen LogP contribution in [0.4, 0.5) is 0 Å². The predicted octanol–water partition coefficient (Wildman–Crippen LogP) is 3.38.